The molecule has 0 aliphatic heterocycles. The highest BCUT2D eigenvalue weighted by Gasteiger charge is 2.04. The molecular weight excluding hydrogens is 214 g/mol. The first-order valence-electron chi connectivity index (χ1n) is 4.85. The van der Waals surface area contributed by atoms with Crippen LogP contribution < -0.4 is 10.6 Å². The molecule has 15 heavy (non-hydrogen) atoms. The maximum absolute atomic E-state index is 5.81. The van der Waals surface area contributed by atoms with Gasteiger partial charge in [-0.1, -0.05) is 11.6 Å². The second kappa shape index (κ2) is 5.78. The number of nitrogens with two attached hydrogens (primary N) is 1. The van der Waals surface area contributed by atoms with Crippen LogP contribution in [0.2, 0.25) is 5.15 Å². The topological polar surface area (TPSA) is 51.4 Å². The molecule has 0 aliphatic rings. The molecule has 0 saturated carbocycles. The van der Waals surface area contributed by atoms with Crippen molar-refractivity contribution in [2.75, 3.05) is 37.4 Å². The van der Waals surface area contributed by atoms with Gasteiger partial charge < -0.3 is 15.4 Å². The summed E-state index contributed by atoms with van der Waals surface area (Å²) in [6.07, 6.45) is 0. The van der Waals surface area contributed by atoms with Crippen LogP contribution in [0.1, 0.15) is 6.92 Å². The van der Waals surface area contributed by atoms with Crippen molar-refractivity contribution < 1.29 is 4.74 Å². The zero-order valence-corrected chi connectivity index (χ0v) is 9.79. The minimum absolute atomic E-state index is 0.410. The van der Waals surface area contributed by atoms with Gasteiger partial charge in [0.15, 0.2) is 0 Å². The molecule has 0 radical (unpaired) electrons. The monoisotopic (exact) mass is 229 g/mol. The van der Waals surface area contributed by atoms with Gasteiger partial charge in [0.05, 0.1) is 6.61 Å². The Morgan fingerprint density at radius 1 is 1.53 bits per heavy atom. The molecule has 0 saturated heterocycles. The van der Waals surface area contributed by atoms with E-state index < -0.39 is 0 Å². The molecular formula is C10H16ClN3O. The van der Waals surface area contributed by atoms with Gasteiger partial charge >= 0.3 is 0 Å². The van der Waals surface area contributed by atoms with Crippen molar-refractivity contribution in [2.45, 2.75) is 6.92 Å². The van der Waals surface area contributed by atoms with Crippen LogP contribution in [0.3, 0.4) is 0 Å². The highest BCUT2D eigenvalue weighted by atomic mass is 35.5. The molecule has 1 aromatic rings. The van der Waals surface area contributed by atoms with Crippen molar-refractivity contribution in [3.8, 4) is 0 Å². The first-order chi connectivity index (χ1) is 7.13. The summed E-state index contributed by atoms with van der Waals surface area (Å²) < 4.78 is 5.25. The third-order valence-electron chi connectivity index (χ3n) is 1.97. The van der Waals surface area contributed by atoms with Gasteiger partial charge in [-0.05, 0) is 13.0 Å². The minimum Gasteiger partial charge on any atom is -0.399 e. The van der Waals surface area contributed by atoms with Crippen molar-refractivity contribution in [2.24, 2.45) is 0 Å². The fraction of sp³-hybridized carbons (Fsp3) is 0.500. The highest BCUT2D eigenvalue weighted by Crippen LogP contribution is 2.18. The lowest BCUT2D eigenvalue weighted by Crippen LogP contribution is -2.23. The molecule has 0 amide bonds. The Morgan fingerprint density at radius 2 is 2.27 bits per heavy atom. The third-order valence-corrected chi connectivity index (χ3v) is 2.16. The molecule has 0 spiro atoms. The number of hydrogen-bond donors (Lipinski definition) is 1. The molecule has 4 nitrogen and oxygen atoms in total. The SMILES string of the molecule is CCOCCN(C)c1cc(N)cc(Cl)n1. The van der Waals surface area contributed by atoms with Gasteiger partial charge in [-0.3, -0.25) is 0 Å². The summed E-state index contributed by atoms with van der Waals surface area (Å²) in [6.45, 7) is 4.12. The van der Waals surface area contributed by atoms with Gasteiger partial charge in [0.2, 0.25) is 0 Å². The van der Waals surface area contributed by atoms with E-state index in [0.29, 0.717) is 17.4 Å². The number of halogens is 1. The molecule has 1 heterocycles. The number of rotatable bonds is 5. The van der Waals surface area contributed by atoms with E-state index in [1.165, 1.54) is 0 Å². The maximum Gasteiger partial charge on any atom is 0.133 e. The molecule has 0 aliphatic carbocycles. The standard InChI is InChI=1S/C10H16ClN3O/c1-3-15-5-4-14(2)10-7-8(12)6-9(11)13-10/h6-7H,3-5H2,1-2H3,(H2,12,13). The molecule has 0 atom stereocenters. The zero-order valence-electron chi connectivity index (χ0n) is 9.03. The van der Waals surface area contributed by atoms with Crippen LogP contribution >= 0.6 is 11.6 Å². The second-order valence-electron chi connectivity index (χ2n) is 3.20. The van der Waals surface area contributed by atoms with E-state index in [1.807, 2.05) is 18.9 Å². The molecule has 1 aromatic heterocycles. The first kappa shape index (κ1) is 12.1. The predicted molar refractivity (Wildman–Crippen MR) is 63.4 cm³/mol. The van der Waals surface area contributed by atoms with Gasteiger partial charge in [0.25, 0.3) is 0 Å². The molecule has 0 aromatic carbocycles. The molecule has 1 rings (SSSR count). The smallest absolute Gasteiger partial charge is 0.133 e. The predicted octanol–water partition coefficient (Wildman–Crippen LogP) is 1.79. The maximum atomic E-state index is 5.81. The van der Waals surface area contributed by atoms with Crippen LogP contribution in [0.25, 0.3) is 0 Å². The van der Waals surface area contributed by atoms with Crippen LogP contribution in [-0.2, 0) is 4.74 Å². The Balaban J connectivity index is 2.60. The van der Waals surface area contributed by atoms with Crippen LogP contribution in [0.5, 0.6) is 0 Å². The van der Waals surface area contributed by atoms with E-state index in [9.17, 15) is 0 Å². The Morgan fingerprint density at radius 3 is 2.87 bits per heavy atom. The van der Waals surface area contributed by atoms with E-state index in [4.69, 9.17) is 22.1 Å². The summed E-state index contributed by atoms with van der Waals surface area (Å²) >= 11 is 5.81. The summed E-state index contributed by atoms with van der Waals surface area (Å²) in [6, 6.07) is 3.42. The van der Waals surface area contributed by atoms with Gasteiger partial charge in [0.1, 0.15) is 11.0 Å². The van der Waals surface area contributed by atoms with Crippen LogP contribution in [0.15, 0.2) is 12.1 Å². The summed E-state index contributed by atoms with van der Waals surface area (Å²) in [5.41, 5.74) is 6.29. The Kier molecular flexibility index (Phi) is 4.65. The van der Waals surface area contributed by atoms with Crippen molar-refractivity contribution in [1.82, 2.24) is 4.98 Å². The summed E-state index contributed by atoms with van der Waals surface area (Å²) in [5, 5.41) is 0.410. The van der Waals surface area contributed by atoms with E-state index in [-0.39, 0.29) is 0 Å². The molecule has 84 valence electrons. The van der Waals surface area contributed by atoms with Gasteiger partial charge in [-0.2, -0.15) is 0 Å². The van der Waals surface area contributed by atoms with Crippen LogP contribution in [-0.4, -0.2) is 31.8 Å². The third kappa shape index (κ3) is 3.93. The zero-order chi connectivity index (χ0) is 11.3. The largest absolute Gasteiger partial charge is 0.399 e. The summed E-state index contributed by atoms with van der Waals surface area (Å²) in [5.74, 6) is 0.764. The quantitative estimate of drug-likeness (QED) is 0.618. The second-order valence-corrected chi connectivity index (χ2v) is 3.59. The number of likely N-dealkylation sites (N-methyl/N-ethyl adjacent to an activating group) is 1. The number of aromatic nitrogens is 1. The number of nitrogen functional groups attached to an aromatic ring is 1. The summed E-state index contributed by atoms with van der Waals surface area (Å²) in [4.78, 5) is 6.12. The van der Waals surface area contributed by atoms with Crippen molar-refractivity contribution in [3.63, 3.8) is 0 Å². The van der Waals surface area contributed by atoms with Gasteiger partial charge in [-0.25, -0.2) is 4.98 Å². The highest BCUT2D eigenvalue weighted by molar-refractivity contribution is 6.29. The van der Waals surface area contributed by atoms with E-state index in [0.717, 1.165) is 19.0 Å². The molecule has 5 heteroatoms. The van der Waals surface area contributed by atoms with Crippen LogP contribution in [0, 0.1) is 0 Å². The normalized spacial score (nSPS) is 10.3. The molecule has 2 N–H and O–H groups in total. The van der Waals surface area contributed by atoms with E-state index >= 15 is 0 Å². The number of anilines is 2. The molecule has 0 bridgehead atoms. The van der Waals surface area contributed by atoms with Gasteiger partial charge in [0, 0.05) is 32.0 Å². The molecule has 0 unspecified atom stereocenters. The van der Waals surface area contributed by atoms with Gasteiger partial charge in [-0.15, -0.1) is 0 Å². The Labute approximate surface area is 95.0 Å². The fourth-order valence-electron chi connectivity index (χ4n) is 1.16. The number of pyridine rings is 1. The minimum atomic E-state index is 0.410. The van der Waals surface area contributed by atoms with Crippen molar-refractivity contribution in [1.29, 1.82) is 0 Å². The fourth-order valence-corrected chi connectivity index (χ4v) is 1.37. The lowest BCUT2D eigenvalue weighted by atomic mass is 10.4. The number of ether oxygens (including phenoxy) is 1. The summed E-state index contributed by atoms with van der Waals surface area (Å²) in [7, 11) is 1.93. The van der Waals surface area contributed by atoms with E-state index in [2.05, 4.69) is 4.98 Å². The average Bonchev–Trinajstić information content (AvgIpc) is 2.16. The lowest BCUT2D eigenvalue weighted by molar-refractivity contribution is 0.154. The van der Waals surface area contributed by atoms with Crippen molar-refractivity contribution in [3.05, 3.63) is 17.3 Å². The first-order valence-corrected chi connectivity index (χ1v) is 5.23. The molecule has 0 fully saturated rings. The Bertz CT molecular complexity index is 299. The number of hydrogen-bond acceptors (Lipinski definition) is 4. The Hall–Kier alpha value is -1.00. The van der Waals surface area contributed by atoms with Crippen molar-refractivity contribution >= 4 is 23.1 Å². The van der Waals surface area contributed by atoms with Crippen LogP contribution in [0.4, 0.5) is 11.5 Å². The van der Waals surface area contributed by atoms with E-state index in [1.54, 1.807) is 12.1 Å². The number of nitrogens with zero attached hydrogens (tertiary/aromatic N) is 2. The average molecular weight is 230 g/mol. The lowest BCUT2D eigenvalue weighted by Gasteiger charge is -2.18.